The van der Waals surface area contributed by atoms with Crippen LogP contribution in [-0.2, 0) is 21.2 Å². The van der Waals surface area contributed by atoms with Crippen molar-refractivity contribution in [2.75, 3.05) is 30.3 Å². The minimum Gasteiger partial charge on any atom is -0.376 e. The predicted molar refractivity (Wildman–Crippen MR) is 97.3 cm³/mol. The van der Waals surface area contributed by atoms with Gasteiger partial charge in [-0.1, -0.05) is 12.1 Å². The van der Waals surface area contributed by atoms with Crippen LogP contribution in [0.15, 0.2) is 35.4 Å². The lowest BCUT2D eigenvalue weighted by Crippen LogP contribution is -2.19. The Bertz CT molecular complexity index is 822. The Hall–Kier alpha value is -2.30. The van der Waals surface area contributed by atoms with Crippen molar-refractivity contribution in [1.82, 2.24) is 15.2 Å². The first-order valence-electron chi connectivity index (χ1n) is 8.41. The molecule has 0 spiro atoms. The van der Waals surface area contributed by atoms with Crippen LogP contribution in [0, 0.1) is 0 Å². The predicted octanol–water partition coefficient (Wildman–Crippen LogP) is 0.764. The highest BCUT2D eigenvalue weighted by Gasteiger charge is 2.15. The van der Waals surface area contributed by atoms with Crippen LogP contribution in [0.4, 0.5) is 11.8 Å². The summed E-state index contributed by atoms with van der Waals surface area (Å²) in [7, 11) is -3.66. The summed E-state index contributed by atoms with van der Waals surface area (Å²) in [5.74, 6) is 1.08. The molecule has 0 bridgehead atoms. The van der Waals surface area contributed by atoms with E-state index in [1.165, 1.54) is 12.1 Å². The van der Waals surface area contributed by atoms with E-state index in [-0.39, 0.29) is 11.0 Å². The van der Waals surface area contributed by atoms with E-state index >= 15 is 0 Å². The molecule has 4 N–H and O–H groups in total. The Morgan fingerprint density at radius 3 is 2.73 bits per heavy atom. The Morgan fingerprint density at radius 2 is 2.04 bits per heavy atom. The van der Waals surface area contributed by atoms with Gasteiger partial charge in [0.15, 0.2) is 5.82 Å². The van der Waals surface area contributed by atoms with Crippen LogP contribution in [0.3, 0.4) is 0 Å². The normalized spacial score (nSPS) is 17.2. The summed E-state index contributed by atoms with van der Waals surface area (Å²) in [5, 5.41) is 19.3. The van der Waals surface area contributed by atoms with Gasteiger partial charge in [0.1, 0.15) is 0 Å². The number of benzene rings is 1. The number of sulfonamides is 1. The summed E-state index contributed by atoms with van der Waals surface area (Å²) >= 11 is 0. The molecule has 0 saturated carbocycles. The Morgan fingerprint density at radius 1 is 1.23 bits per heavy atom. The Kier molecular flexibility index (Phi) is 5.96. The average Bonchev–Trinajstić information content (AvgIpc) is 3.14. The molecule has 26 heavy (non-hydrogen) atoms. The van der Waals surface area contributed by atoms with Gasteiger partial charge in [-0.05, 0) is 37.0 Å². The Balaban J connectivity index is 1.47. The van der Waals surface area contributed by atoms with Crippen molar-refractivity contribution in [3.63, 3.8) is 0 Å². The minimum absolute atomic E-state index is 0.103. The standard InChI is InChI=1S/C16H22N6O3S/c17-26(23,24)14-5-3-12(4-6-14)7-8-18-16-21-15(11-20-22-16)19-10-13-2-1-9-25-13/h3-6,11,13H,1-2,7-10H2,(H2,17,23,24)(H2,18,19,21,22). The van der Waals surface area contributed by atoms with Crippen molar-refractivity contribution in [3.05, 3.63) is 36.0 Å². The van der Waals surface area contributed by atoms with E-state index in [1.807, 2.05) is 0 Å². The van der Waals surface area contributed by atoms with Gasteiger partial charge < -0.3 is 15.4 Å². The molecule has 1 fully saturated rings. The second-order valence-corrected chi connectivity index (χ2v) is 7.61. The van der Waals surface area contributed by atoms with Gasteiger partial charge in [-0.15, -0.1) is 5.10 Å². The van der Waals surface area contributed by atoms with Gasteiger partial charge >= 0.3 is 0 Å². The molecule has 140 valence electrons. The fourth-order valence-corrected chi connectivity index (χ4v) is 3.17. The molecule has 2 heterocycles. The zero-order valence-electron chi connectivity index (χ0n) is 14.3. The molecule has 1 unspecified atom stereocenters. The molecule has 0 radical (unpaired) electrons. The molecular formula is C16H22N6O3S. The van der Waals surface area contributed by atoms with E-state index in [0.717, 1.165) is 25.0 Å². The molecule has 0 aliphatic carbocycles. The average molecular weight is 378 g/mol. The van der Waals surface area contributed by atoms with Crippen LogP contribution < -0.4 is 15.8 Å². The second-order valence-electron chi connectivity index (χ2n) is 6.05. The fraction of sp³-hybridized carbons (Fsp3) is 0.438. The third kappa shape index (κ3) is 5.35. The molecule has 1 aromatic carbocycles. The molecule has 1 aliphatic rings. The molecule has 2 aromatic rings. The number of aromatic nitrogens is 3. The zero-order chi connectivity index (χ0) is 18.4. The molecule has 1 saturated heterocycles. The van der Waals surface area contributed by atoms with Gasteiger partial charge in [0.25, 0.3) is 0 Å². The van der Waals surface area contributed by atoms with E-state index in [0.29, 0.717) is 31.3 Å². The maximum atomic E-state index is 11.2. The molecule has 10 heteroatoms. The van der Waals surface area contributed by atoms with Crippen molar-refractivity contribution in [3.8, 4) is 0 Å². The van der Waals surface area contributed by atoms with Crippen LogP contribution in [0.25, 0.3) is 0 Å². The summed E-state index contributed by atoms with van der Waals surface area (Å²) in [4.78, 5) is 4.47. The monoisotopic (exact) mass is 378 g/mol. The number of ether oxygens (including phenoxy) is 1. The van der Waals surface area contributed by atoms with Gasteiger partial charge in [-0.2, -0.15) is 10.1 Å². The zero-order valence-corrected chi connectivity index (χ0v) is 15.1. The fourth-order valence-electron chi connectivity index (χ4n) is 2.65. The number of hydrogen-bond acceptors (Lipinski definition) is 8. The van der Waals surface area contributed by atoms with Crippen molar-refractivity contribution in [2.45, 2.75) is 30.3 Å². The summed E-state index contributed by atoms with van der Waals surface area (Å²) in [6.07, 6.45) is 4.63. The van der Waals surface area contributed by atoms with Crippen molar-refractivity contribution >= 4 is 21.8 Å². The highest BCUT2D eigenvalue weighted by Crippen LogP contribution is 2.13. The van der Waals surface area contributed by atoms with Gasteiger partial charge in [0, 0.05) is 19.7 Å². The van der Waals surface area contributed by atoms with Crippen LogP contribution in [0.5, 0.6) is 0 Å². The maximum absolute atomic E-state index is 11.2. The Labute approximate surface area is 152 Å². The van der Waals surface area contributed by atoms with Gasteiger partial charge in [0.2, 0.25) is 16.0 Å². The van der Waals surface area contributed by atoms with E-state index in [9.17, 15) is 8.42 Å². The van der Waals surface area contributed by atoms with E-state index in [2.05, 4.69) is 25.8 Å². The van der Waals surface area contributed by atoms with Gasteiger partial charge in [-0.25, -0.2) is 13.6 Å². The minimum atomic E-state index is -3.66. The molecule has 0 amide bonds. The lowest BCUT2D eigenvalue weighted by molar-refractivity contribution is 0.120. The van der Waals surface area contributed by atoms with E-state index in [4.69, 9.17) is 9.88 Å². The lowest BCUT2D eigenvalue weighted by atomic mass is 10.1. The molecule has 1 aliphatic heterocycles. The number of nitrogens with two attached hydrogens (primary N) is 1. The van der Waals surface area contributed by atoms with Crippen LogP contribution >= 0.6 is 0 Å². The summed E-state index contributed by atoms with van der Waals surface area (Å²) in [6.45, 7) is 2.11. The summed E-state index contributed by atoms with van der Waals surface area (Å²) in [5.41, 5.74) is 0.977. The highest BCUT2D eigenvalue weighted by atomic mass is 32.2. The van der Waals surface area contributed by atoms with E-state index < -0.39 is 10.0 Å². The summed E-state index contributed by atoms with van der Waals surface area (Å²) in [6, 6.07) is 6.47. The smallest absolute Gasteiger partial charge is 0.244 e. The number of primary sulfonamides is 1. The molecular weight excluding hydrogens is 356 g/mol. The van der Waals surface area contributed by atoms with Crippen molar-refractivity contribution in [2.24, 2.45) is 5.14 Å². The van der Waals surface area contributed by atoms with E-state index in [1.54, 1.807) is 18.3 Å². The molecule has 1 atom stereocenters. The third-order valence-electron chi connectivity index (χ3n) is 4.04. The van der Waals surface area contributed by atoms with Crippen LogP contribution in [0.2, 0.25) is 0 Å². The number of nitrogens with zero attached hydrogens (tertiary/aromatic N) is 3. The number of rotatable bonds is 8. The summed E-state index contributed by atoms with van der Waals surface area (Å²) < 4.78 is 28.0. The van der Waals surface area contributed by atoms with Crippen molar-refractivity contribution < 1.29 is 13.2 Å². The highest BCUT2D eigenvalue weighted by molar-refractivity contribution is 7.89. The molecule has 9 nitrogen and oxygen atoms in total. The van der Waals surface area contributed by atoms with Crippen molar-refractivity contribution in [1.29, 1.82) is 0 Å². The number of nitrogens with one attached hydrogen (secondary N) is 2. The number of anilines is 2. The maximum Gasteiger partial charge on any atom is 0.244 e. The van der Waals surface area contributed by atoms with Gasteiger partial charge in [-0.3, -0.25) is 0 Å². The second kappa shape index (κ2) is 8.39. The third-order valence-corrected chi connectivity index (χ3v) is 4.97. The SMILES string of the molecule is NS(=O)(=O)c1ccc(CCNc2nncc(NCC3CCCO3)n2)cc1. The quantitative estimate of drug-likeness (QED) is 0.613. The molecule has 3 rings (SSSR count). The van der Waals surface area contributed by atoms with Gasteiger partial charge in [0.05, 0.1) is 17.2 Å². The largest absolute Gasteiger partial charge is 0.376 e. The first kappa shape index (κ1) is 18.5. The number of hydrogen-bond donors (Lipinski definition) is 3. The first-order valence-corrected chi connectivity index (χ1v) is 9.96. The topological polar surface area (TPSA) is 132 Å². The first-order chi connectivity index (χ1) is 12.5. The van der Waals surface area contributed by atoms with Crippen LogP contribution in [0.1, 0.15) is 18.4 Å². The molecule has 1 aromatic heterocycles. The lowest BCUT2D eigenvalue weighted by Gasteiger charge is -2.11. The van der Waals surface area contributed by atoms with Crippen LogP contribution in [-0.4, -0.2) is 49.4 Å².